The second kappa shape index (κ2) is 8.57. The van der Waals surface area contributed by atoms with E-state index in [9.17, 15) is 14.7 Å². The number of methoxy groups -OCH3 is 2. The molecule has 1 aliphatic heterocycles. The average molecular weight is 416 g/mol. The van der Waals surface area contributed by atoms with E-state index in [2.05, 4.69) is 0 Å². The summed E-state index contributed by atoms with van der Waals surface area (Å²) in [5, 5.41) is 11.3. The van der Waals surface area contributed by atoms with E-state index >= 15 is 0 Å². The molecule has 1 aliphatic rings. The van der Waals surface area contributed by atoms with E-state index in [4.69, 9.17) is 21.1 Å². The van der Waals surface area contributed by atoms with Gasteiger partial charge in [0.05, 0.1) is 30.9 Å². The molecule has 1 unspecified atom stereocenters. The molecular formula is C22H22ClNO5. The third-order valence-corrected chi connectivity index (χ3v) is 5.13. The lowest BCUT2D eigenvalue weighted by Gasteiger charge is -2.25. The fourth-order valence-electron chi connectivity index (χ4n) is 3.48. The van der Waals surface area contributed by atoms with Crippen molar-refractivity contribution in [1.82, 2.24) is 4.90 Å². The van der Waals surface area contributed by atoms with Crippen LogP contribution in [-0.2, 0) is 9.59 Å². The quantitative estimate of drug-likeness (QED) is 0.435. The smallest absolute Gasteiger partial charge is 0.295 e. The number of Topliss-reactive ketones (excluding diaryl/α,β-unsaturated/α-hetero) is 1. The summed E-state index contributed by atoms with van der Waals surface area (Å²) in [6.07, 6.45) is 0.669. The Morgan fingerprint density at radius 3 is 2.52 bits per heavy atom. The second-order valence-corrected chi connectivity index (χ2v) is 7.03. The molecule has 0 aromatic heterocycles. The number of aliphatic hydroxyl groups excluding tert-OH is 1. The van der Waals surface area contributed by atoms with Crippen LogP contribution in [0.5, 0.6) is 11.5 Å². The van der Waals surface area contributed by atoms with Gasteiger partial charge in [-0.05, 0) is 42.3 Å². The Morgan fingerprint density at radius 1 is 1.14 bits per heavy atom. The van der Waals surface area contributed by atoms with Gasteiger partial charge in [-0.1, -0.05) is 30.7 Å². The van der Waals surface area contributed by atoms with Crippen LogP contribution in [0.4, 0.5) is 0 Å². The van der Waals surface area contributed by atoms with Gasteiger partial charge in [-0.15, -0.1) is 0 Å². The van der Waals surface area contributed by atoms with E-state index in [-0.39, 0.29) is 16.4 Å². The minimum Gasteiger partial charge on any atom is -0.507 e. The number of likely N-dealkylation sites (tertiary alicyclic amines) is 1. The molecular weight excluding hydrogens is 394 g/mol. The average Bonchev–Trinajstić information content (AvgIpc) is 2.98. The molecule has 3 rings (SSSR count). The van der Waals surface area contributed by atoms with Crippen LogP contribution in [0, 0.1) is 0 Å². The molecule has 1 heterocycles. The number of ether oxygens (including phenoxy) is 2. The fourth-order valence-corrected chi connectivity index (χ4v) is 3.74. The number of amides is 1. The van der Waals surface area contributed by atoms with Gasteiger partial charge >= 0.3 is 0 Å². The molecule has 6 nitrogen and oxygen atoms in total. The van der Waals surface area contributed by atoms with E-state index < -0.39 is 17.7 Å². The Labute approximate surface area is 174 Å². The zero-order valence-corrected chi connectivity index (χ0v) is 17.2. The van der Waals surface area contributed by atoms with E-state index in [0.717, 1.165) is 0 Å². The number of aliphatic hydroxyl groups is 1. The molecule has 0 spiro atoms. The molecule has 0 bridgehead atoms. The third-order valence-electron chi connectivity index (χ3n) is 4.84. The molecule has 1 atom stereocenters. The van der Waals surface area contributed by atoms with Crippen molar-refractivity contribution in [3.05, 3.63) is 64.2 Å². The Hall–Kier alpha value is -2.99. The highest BCUT2D eigenvalue weighted by atomic mass is 35.5. The molecule has 152 valence electrons. The first-order chi connectivity index (χ1) is 13.9. The first-order valence-corrected chi connectivity index (χ1v) is 9.57. The van der Waals surface area contributed by atoms with Crippen LogP contribution in [0.25, 0.3) is 5.76 Å². The lowest BCUT2D eigenvalue weighted by Crippen LogP contribution is -2.30. The summed E-state index contributed by atoms with van der Waals surface area (Å²) in [7, 11) is 3.03. The van der Waals surface area contributed by atoms with Gasteiger partial charge < -0.3 is 19.5 Å². The Bertz CT molecular complexity index is 985. The van der Waals surface area contributed by atoms with Crippen molar-refractivity contribution >= 4 is 29.1 Å². The summed E-state index contributed by atoms with van der Waals surface area (Å²) in [6.45, 7) is 2.30. The maximum absolute atomic E-state index is 12.9. The normalized spacial score (nSPS) is 18.2. The van der Waals surface area contributed by atoms with Crippen molar-refractivity contribution in [2.75, 3.05) is 20.8 Å². The lowest BCUT2D eigenvalue weighted by atomic mass is 9.95. The van der Waals surface area contributed by atoms with Crippen LogP contribution in [0.2, 0.25) is 5.02 Å². The van der Waals surface area contributed by atoms with Crippen LogP contribution < -0.4 is 9.47 Å². The zero-order valence-electron chi connectivity index (χ0n) is 16.4. The molecule has 7 heteroatoms. The summed E-state index contributed by atoms with van der Waals surface area (Å²) in [4.78, 5) is 27.0. The molecule has 1 amide bonds. The highest BCUT2D eigenvalue weighted by Crippen LogP contribution is 2.41. The van der Waals surface area contributed by atoms with Crippen LogP contribution in [0.1, 0.15) is 30.5 Å². The number of carbonyl (C=O) groups is 2. The van der Waals surface area contributed by atoms with Gasteiger partial charge in [0.1, 0.15) is 17.3 Å². The van der Waals surface area contributed by atoms with Crippen molar-refractivity contribution in [3.8, 4) is 11.5 Å². The van der Waals surface area contributed by atoms with E-state index in [0.29, 0.717) is 35.6 Å². The maximum Gasteiger partial charge on any atom is 0.295 e. The minimum atomic E-state index is -0.726. The molecule has 1 N–H and O–H groups in total. The van der Waals surface area contributed by atoms with Crippen molar-refractivity contribution in [2.45, 2.75) is 19.4 Å². The molecule has 2 aromatic rings. The minimum absolute atomic E-state index is 0.0259. The van der Waals surface area contributed by atoms with Crippen LogP contribution in [0.3, 0.4) is 0 Å². The van der Waals surface area contributed by atoms with E-state index in [1.807, 2.05) is 6.92 Å². The van der Waals surface area contributed by atoms with Crippen LogP contribution in [0.15, 0.2) is 48.0 Å². The Morgan fingerprint density at radius 2 is 1.90 bits per heavy atom. The molecule has 0 aliphatic carbocycles. The molecule has 0 radical (unpaired) electrons. The fraction of sp³-hybridized carbons (Fsp3) is 0.273. The van der Waals surface area contributed by atoms with Crippen molar-refractivity contribution in [2.24, 2.45) is 0 Å². The molecule has 1 fully saturated rings. The van der Waals surface area contributed by atoms with Crippen LogP contribution in [-0.4, -0.2) is 42.5 Å². The second-order valence-electron chi connectivity index (χ2n) is 6.62. The number of nitrogens with zero attached hydrogens (tertiary/aromatic N) is 1. The van der Waals surface area contributed by atoms with Crippen molar-refractivity contribution in [1.29, 1.82) is 0 Å². The molecule has 29 heavy (non-hydrogen) atoms. The lowest BCUT2D eigenvalue weighted by molar-refractivity contribution is -0.139. The summed E-state index contributed by atoms with van der Waals surface area (Å²) >= 11 is 6.18. The predicted octanol–water partition coefficient (Wildman–Crippen LogP) is 4.19. The number of hydrogen-bond acceptors (Lipinski definition) is 5. The van der Waals surface area contributed by atoms with Gasteiger partial charge in [0.2, 0.25) is 0 Å². The standard InChI is InChI=1S/C22H22ClNO5/c1-4-10-24-19(13-6-5-7-15(11-13)28-2)18(21(26)22(24)27)20(25)14-8-9-17(29-3)16(23)12-14/h5-9,11-12,19,25H,4,10H2,1-3H3/b20-18-. The largest absolute Gasteiger partial charge is 0.507 e. The van der Waals surface area contributed by atoms with Crippen LogP contribution >= 0.6 is 11.6 Å². The maximum atomic E-state index is 12.9. The third kappa shape index (κ3) is 3.80. The summed E-state index contributed by atoms with van der Waals surface area (Å²) in [6, 6.07) is 11.1. The number of ketones is 1. The van der Waals surface area contributed by atoms with Gasteiger partial charge in [-0.2, -0.15) is 0 Å². The van der Waals surface area contributed by atoms with Gasteiger partial charge in [-0.25, -0.2) is 0 Å². The zero-order chi connectivity index (χ0) is 21.1. The highest BCUT2D eigenvalue weighted by Gasteiger charge is 2.45. The molecule has 2 aromatic carbocycles. The number of benzene rings is 2. The molecule has 1 saturated heterocycles. The summed E-state index contributed by atoms with van der Waals surface area (Å²) in [5.74, 6) is -0.605. The number of hydrogen-bond donors (Lipinski definition) is 1. The van der Waals surface area contributed by atoms with Gasteiger partial charge in [0.15, 0.2) is 0 Å². The van der Waals surface area contributed by atoms with E-state index in [1.165, 1.54) is 18.1 Å². The van der Waals surface area contributed by atoms with Crippen molar-refractivity contribution < 1.29 is 24.2 Å². The number of rotatable bonds is 6. The first-order valence-electron chi connectivity index (χ1n) is 9.19. The Kier molecular flexibility index (Phi) is 6.13. The van der Waals surface area contributed by atoms with Crippen molar-refractivity contribution in [3.63, 3.8) is 0 Å². The monoisotopic (exact) mass is 415 g/mol. The molecule has 0 saturated carbocycles. The number of carbonyl (C=O) groups excluding carboxylic acids is 2. The topological polar surface area (TPSA) is 76.1 Å². The predicted molar refractivity (Wildman–Crippen MR) is 110 cm³/mol. The first kappa shape index (κ1) is 20.7. The Balaban J connectivity index is 2.19. The summed E-state index contributed by atoms with van der Waals surface area (Å²) in [5.41, 5.74) is 1.04. The summed E-state index contributed by atoms with van der Waals surface area (Å²) < 4.78 is 10.4. The van der Waals surface area contributed by atoms with Gasteiger partial charge in [-0.3, -0.25) is 9.59 Å². The SMILES string of the molecule is CCCN1C(=O)C(=O)/C(=C(\O)c2ccc(OC)c(Cl)c2)C1c1cccc(OC)c1. The van der Waals surface area contributed by atoms with Gasteiger partial charge in [0.25, 0.3) is 11.7 Å². The highest BCUT2D eigenvalue weighted by molar-refractivity contribution is 6.46. The van der Waals surface area contributed by atoms with E-state index in [1.54, 1.807) is 43.5 Å². The number of halogens is 1. The van der Waals surface area contributed by atoms with Gasteiger partial charge in [0, 0.05) is 12.1 Å².